The summed E-state index contributed by atoms with van der Waals surface area (Å²) < 4.78 is 2.42. The van der Waals surface area contributed by atoms with Gasteiger partial charge in [-0.3, -0.25) is 0 Å². The molecule has 0 saturated heterocycles. The molecule has 2 nitrogen and oxygen atoms in total. The standard InChI is InChI=1S/C55H40N2/c1-55(2)50-25-9-5-21-46(50)49-36-42(33-34-51(49)55)56(41-18-13-17-39(35-41)44-24-14-16-37-15-3-4-19-43(37)44)40-31-29-38(30-32-40)45-20-6-10-26-52(45)57-53-27-11-7-22-47(53)48-23-8-12-28-54(48)57/h3-36H,1-2H3. The van der Waals surface area contributed by atoms with E-state index in [9.17, 15) is 0 Å². The molecule has 1 aliphatic carbocycles. The van der Waals surface area contributed by atoms with Gasteiger partial charge in [-0.25, -0.2) is 0 Å². The van der Waals surface area contributed by atoms with Gasteiger partial charge in [0.1, 0.15) is 0 Å². The van der Waals surface area contributed by atoms with Gasteiger partial charge in [-0.15, -0.1) is 0 Å². The molecule has 0 bridgehead atoms. The number of rotatable bonds is 6. The van der Waals surface area contributed by atoms with Gasteiger partial charge in [0.15, 0.2) is 0 Å². The number of hydrogen-bond donors (Lipinski definition) is 0. The normalized spacial score (nSPS) is 12.9. The third-order valence-electron chi connectivity index (χ3n) is 12.2. The van der Waals surface area contributed by atoms with Crippen LogP contribution in [-0.2, 0) is 5.41 Å². The Morgan fingerprint density at radius 3 is 1.72 bits per heavy atom. The second-order valence-electron chi connectivity index (χ2n) is 15.7. The number of hydrogen-bond acceptors (Lipinski definition) is 1. The minimum absolute atomic E-state index is 0.0605. The molecule has 11 rings (SSSR count). The number of para-hydroxylation sites is 3. The summed E-state index contributed by atoms with van der Waals surface area (Å²) in [5, 5.41) is 5.03. The topological polar surface area (TPSA) is 8.17 Å². The molecule has 0 aliphatic heterocycles. The highest BCUT2D eigenvalue weighted by atomic mass is 15.1. The van der Waals surface area contributed by atoms with Crippen LogP contribution in [0.1, 0.15) is 25.0 Å². The fourth-order valence-electron chi connectivity index (χ4n) is 9.47. The van der Waals surface area contributed by atoms with E-state index in [2.05, 4.69) is 230 Å². The van der Waals surface area contributed by atoms with Crippen LogP contribution in [0, 0.1) is 0 Å². The predicted molar refractivity (Wildman–Crippen MR) is 241 cm³/mol. The molecule has 270 valence electrons. The van der Waals surface area contributed by atoms with Gasteiger partial charge in [0.25, 0.3) is 0 Å². The molecule has 0 radical (unpaired) electrons. The molecular weight excluding hydrogens is 689 g/mol. The number of fused-ring (bicyclic) bond motifs is 7. The first-order chi connectivity index (χ1) is 28.0. The van der Waals surface area contributed by atoms with E-state index in [1.807, 2.05) is 0 Å². The van der Waals surface area contributed by atoms with Crippen LogP contribution in [-0.4, -0.2) is 4.57 Å². The second kappa shape index (κ2) is 13.0. The van der Waals surface area contributed by atoms with Crippen molar-refractivity contribution in [3.8, 4) is 39.1 Å². The van der Waals surface area contributed by atoms with Crippen LogP contribution in [0.4, 0.5) is 17.1 Å². The highest BCUT2D eigenvalue weighted by Crippen LogP contribution is 2.51. The van der Waals surface area contributed by atoms with Gasteiger partial charge in [0.2, 0.25) is 0 Å². The molecule has 0 N–H and O–H groups in total. The summed E-state index contributed by atoms with van der Waals surface area (Å²) in [4.78, 5) is 2.42. The van der Waals surface area contributed by atoms with Crippen molar-refractivity contribution < 1.29 is 0 Å². The van der Waals surface area contributed by atoms with Gasteiger partial charge in [-0.05, 0) is 104 Å². The summed E-state index contributed by atoms with van der Waals surface area (Å²) in [6.07, 6.45) is 0. The van der Waals surface area contributed by atoms with E-state index in [0.717, 1.165) is 17.1 Å². The molecule has 1 aromatic heterocycles. The minimum Gasteiger partial charge on any atom is -0.310 e. The predicted octanol–water partition coefficient (Wildman–Crippen LogP) is 15.0. The fraction of sp³-hybridized carbons (Fsp3) is 0.0545. The van der Waals surface area contributed by atoms with Crippen molar-refractivity contribution in [2.75, 3.05) is 4.90 Å². The van der Waals surface area contributed by atoms with Crippen LogP contribution in [0.2, 0.25) is 0 Å². The van der Waals surface area contributed by atoms with Crippen LogP contribution in [0.15, 0.2) is 206 Å². The zero-order chi connectivity index (χ0) is 38.1. The van der Waals surface area contributed by atoms with Gasteiger partial charge >= 0.3 is 0 Å². The minimum atomic E-state index is -0.0605. The van der Waals surface area contributed by atoms with Crippen LogP contribution in [0.3, 0.4) is 0 Å². The van der Waals surface area contributed by atoms with Crippen molar-refractivity contribution in [3.63, 3.8) is 0 Å². The van der Waals surface area contributed by atoms with E-state index >= 15 is 0 Å². The van der Waals surface area contributed by atoms with Crippen molar-refractivity contribution >= 4 is 49.6 Å². The summed E-state index contributed by atoms with van der Waals surface area (Å²) in [5.41, 5.74) is 17.0. The van der Waals surface area contributed by atoms with Crippen molar-refractivity contribution in [1.29, 1.82) is 0 Å². The largest absolute Gasteiger partial charge is 0.310 e. The van der Waals surface area contributed by atoms with Gasteiger partial charge in [0, 0.05) is 38.8 Å². The molecule has 0 unspecified atom stereocenters. The van der Waals surface area contributed by atoms with Gasteiger partial charge < -0.3 is 9.47 Å². The third kappa shape index (κ3) is 5.25. The number of aromatic nitrogens is 1. The van der Waals surface area contributed by atoms with E-state index in [1.54, 1.807) is 0 Å². The molecule has 1 aliphatic rings. The summed E-state index contributed by atoms with van der Waals surface area (Å²) >= 11 is 0. The second-order valence-corrected chi connectivity index (χ2v) is 15.7. The smallest absolute Gasteiger partial charge is 0.0541 e. The molecule has 0 fully saturated rings. The van der Waals surface area contributed by atoms with Crippen LogP contribution in [0.25, 0.3) is 71.6 Å². The first-order valence-electron chi connectivity index (χ1n) is 19.9. The Morgan fingerprint density at radius 2 is 0.930 bits per heavy atom. The van der Waals surface area contributed by atoms with E-state index < -0.39 is 0 Å². The molecule has 9 aromatic carbocycles. The SMILES string of the molecule is CC1(C)c2ccccc2-c2cc(N(c3ccc(-c4ccccc4-n4c5ccccc5c5ccccc54)cc3)c3cccc(-c4cccc5ccccc45)c3)ccc21. The quantitative estimate of drug-likeness (QED) is 0.165. The van der Waals surface area contributed by atoms with Crippen molar-refractivity contribution in [3.05, 3.63) is 217 Å². The molecule has 0 atom stereocenters. The monoisotopic (exact) mass is 728 g/mol. The number of anilines is 3. The third-order valence-corrected chi connectivity index (χ3v) is 12.2. The lowest BCUT2D eigenvalue weighted by molar-refractivity contribution is 0.660. The Balaban J connectivity index is 1.07. The summed E-state index contributed by atoms with van der Waals surface area (Å²) in [7, 11) is 0. The van der Waals surface area contributed by atoms with Crippen LogP contribution >= 0.6 is 0 Å². The maximum absolute atomic E-state index is 2.42. The molecule has 10 aromatic rings. The fourth-order valence-corrected chi connectivity index (χ4v) is 9.47. The Labute approximate surface area is 333 Å². The van der Waals surface area contributed by atoms with E-state index in [-0.39, 0.29) is 5.41 Å². The Kier molecular flexibility index (Phi) is 7.55. The highest BCUT2D eigenvalue weighted by Gasteiger charge is 2.35. The molecular formula is C55H40N2. The Morgan fingerprint density at radius 1 is 0.368 bits per heavy atom. The number of benzene rings is 9. The maximum atomic E-state index is 2.42. The van der Waals surface area contributed by atoms with Crippen LogP contribution in [0.5, 0.6) is 0 Å². The molecule has 0 amide bonds. The molecule has 57 heavy (non-hydrogen) atoms. The zero-order valence-electron chi connectivity index (χ0n) is 32.0. The lowest BCUT2D eigenvalue weighted by atomic mass is 9.82. The summed E-state index contributed by atoms with van der Waals surface area (Å²) in [6.45, 7) is 4.69. The lowest BCUT2D eigenvalue weighted by Gasteiger charge is -2.28. The van der Waals surface area contributed by atoms with E-state index in [1.165, 1.54) is 82.8 Å². The first kappa shape index (κ1) is 33.2. The molecule has 2 heteroatoms. The first-order valence-corrected chi connectivity index (χ1v) is 19.9. The Bertz CT molecular complexity index is 3100. The van der Waals surface area contributed by atoms with E-state index in [0.29, 0.717) is 0 Å². The summed E-state index contributed by atoms with van der Waals surface area (Å²) in [6, 6.07) is 75.6. The summed E-state index contributed by atoms with van der Waals surface area (Å²) in [5.74, 6) is 0. The average Bonchev–Trinajstić information content (AvgIpc) is 3.72. The Hall–Kier alpha value is -7.16. The maximum Gasteiger partial charge on any atom is 0.0541 e. The molecule has 1 heterocycles. The van der Waals surface area contributed by atoms with Crippen molar-refractivity contribution in [1.82, 2.24) is 4.57 Å². The highest BCUT2D eigenvalue weighted by molar-refractivity contribution is 6.09. The molecule has 0 saturated carbocycles. The average molecular weight is 729 g/mol. The zero-order valence-corrected chi connectivity index (χ0v) is 32.0. The molecule has 0 spiro atoms. The van der Waals surface area contributed by atoms with Crippen molar-refractivity contribution in [2.45, 2.75) is 19.3 Å². The van der Waals surface area contributed by atoms with E-state index in [4.69, 9.17) is 0 Å². The lowest BCUT2D eigenvalue weighted by Crippen LogP contribution is -2.15. The van der Waals surface area contributed by atoms with Crippen LogP contribution < -0.4 is 4.90 Å². The number of nitrogens with zero attached hydrogens (tertiary/aromatic N) is 2. The van der Waals surface area contributed by atoms with Gasteiger partial charge in [-0.2, -0.15) is 0 Å². The van der Waals surface area contributed by atoms with Gasteiger partial charge in [-0.1, -0.05) is 166 Å². The van der Waals surface area contributed by atoms with Gasteiger partial charge in [0.05, 0.1) is 16.7 Å². The van der Waals surface area contributed by atoms with Crippen molar-refractivity contribution in [2.24, 2.45) is 0 Å².